The second-order valence-electron chi connectivity index (χ2n) is 6.34. The van der Waals surface area contributed by atoms with Crippen LogP contribution in [-0.2, 0) is 0 Å². The molecule has 0 aliphatic carbocycles. The first-order valence-corrected chi connectivity index (χ1v) is 6.91. The summed E-state index contributed by atoms with van der Waals surface area (Å²) in [4.78, 5) is 2.35. The Bertz CT molecular complexity index is 179. The summed E-state index contributed by atoms with van der Waals surface area (Å²) in [5.41, 5.74) is 4.83. The fourth-order valence-corrected chi connectivity index (χ4v) is 1.70. The molecule has 0 spiro atoms. The van der Waals surface area contributed by atoms with Crippen LogP contribution in [0.25, 0.3) is 0 Å². The van der Waals surface area contributed by atoms with E-state index in [2.05, 4.69) is 32.6 Å². The van der Waals surface area contributed by atoms with E-state index in [0.29, 0.717) is 24.9 Å². The third-order valence-electron chi connectivity index (χ3n) is 3.05. The lowest BCUT2D eigenvalue weighted by Crippen LogP contribution is -2.46. The van der Waals surface area contributed by atoms with Gasteiger partial charge in [0.25, 0.3) is 0 Å². The molecular weight excluding hydrogens is 212 g/mol. The van der Waals surface area contributed by atoms with E-state index in [1.54, 1.807) is 0 Å². The van der Waals surface area contributed by atoms with Crippen molar-refractivity contribution in [2.75, 3.05) is 26.2 Å². The van der Waals surface area contributed by atoms with Crippen LogP contribution in [0, 0.1) is 11.8 Å². The van der Waals surface area contributed by atoms with E-state index in [1.165, 1.54) is 12.8 Å². The smallest absolute Gasteiger partial charge is 0.0867 e. The van der Waals surface area contributed by atoms with E-state index < -0.39 is 5.60 Å². The van der Waals surface area contributed by atoms with Crippen molar-refractivity contribution in [3.63, 3.8) is 0 Å². The molecule has 0 aliphatic heterocycles. The first-order valence-electron chi connectivity index (χ1n) is 6.91. The van der Waals surface area contributed by atoms with Gasteiger partial charge in [-0.05, 0) is 44.7 Å². The average Bonchev–Trinajstić information content (AvgIpc) is 2.21. The zero-order chi connectivity index (χ0) is 13.5. The fourth-order valence-electron chi connectivity index (χ4n) is 1.70. The molecule has 1 unspecified atom stereocenters. The SMILES string of the molecule is CC(C)CCN(CCC(C)C)CC(C)(O)CN. The quantitative estimate of drug-likeness (QED) is 0.653. The maximum Gasteiger partial charge on any atom is 0.0867 e. The van der Waals surface area contributed by atoms with Crippen molar-refractivity contribution in [1.29, 1.82) is 0 Å². The Balaban J connectivity index is 4.19. The van der Waals surface area contributed by atoms with E-state index in [-0.39, 0.29) is 0 Å². The third-order valence-corrected chi connectivity index (χ3v) is 3.05. The predicted octanol–water partition coefficient (Wildman–Crippen LogP) is 2.09. The van der Waals surface area contributed by atoms with E-state index in [9.17, 15) is 5.11 Å². The Hall–Kier alpha value is -0.120. The number of aliphatic hydroxyl groups is 1. The number of nitrogens with two attached hydrogens (primary N) is 1. The molecule has 0 bridgehead atoms. The zero-order valence-corrected chi connectivity index (χ0v) is 12.4. The summed E-state index contributed by atoms with van der Waals surface area (Å²) in [6, 6.07) is 0. The van der Waals surface area contributed by atoms with Gasteiger partial charge in [-0.15, -0.1) is 0 Å². The molecule has 0 heterocycles. The second-order valence-corrected chi connectivity index (χ2v) is 6.34. The fraction of sp³-hybridized carbons (Fsp3) is 1.00. The molecule has 104 valence electrons. The molecule has 3 heteroatoms. The first kappa shape index (κ1) is 16.9. The van der Waals surface area contributed by atoms with Gasteiger partial charge in [-0.2, -0.15) is 0 Å². The Kier molecular flexibility index (Phi) is 8.01. The number of nitrogens with zero attached hydrogens (tertiary/aromatic N) is 1. The molecule has 0 aromatic carbocycles. The Morgan fingerprint density at radius 2 is 1.47 bits per heavy atom. The minimum atomic E-state index is -0.756. The van der Waals surface area contributed by atoms with Crippen molar-refractivity contribution in [3.8, 4) is 0 Å². The van der Waals surface area contributed by atoms with Gasteiger partial charge in [-0.1, -0.05) is 27.7 Å². The van der Waals surface area contributed by atoms with E-state index in [1.807, 2.05) is 6.92 Å². The van der Waals surface area contributed by atoms with Crippen LogP contribution in [0.1, 0.15) is 47.5 Å². The van der Waals surface area contributed by atoms with Crippen molar-refractivity contribution >= 4 is 0 Å². The van der Waals surface area contributed by atoms with Crippen LogP contribution in [0.4, 0.5) is 0 Å². The highest BCUT2D eigenvalue weighted by atomic mass is 16.3. The molecule has 0 aromatic rings. The van der Waals surface area contributed by atoms with Crippen LogP contribution >= 0.6 is 0 Å². The highest BCUT2D eigenvalue weighted by molar-refractivity contribution is 4.78. The molecule has 3 N–H and O–H groups in total. The monoisotopic (exact) mass is 244 g/mol. The summed E-state index contributed by atoms with van der Waals surface area (Å²) >= 11 is 0. The summed E-state index contributed by atoms with van der Waals surface area (Å²) in [5.74, 6) is 1.42. The van der Waals surface area contributed by atoms with Crippen molar-refractivity contribution in [1.82, 2.24) is 4.90 Å². The second kappa shape index (κ2) is 8.06. The summed E-state index contributed by atoms with van der Waals surface area (Å²) in [7, 11) is 0. The first-order chi connectivity index (χ1) is 7.76. The lowest BCUT2D eigenvalue weighted by atomic mass is 10.0. The van der Waals surface area contributed by atoms with Crippen molar-refractivity contribution in [2.24, 2.45) is 17.6 Å². The van der Waals surface area contributed by atoms with Crippen LogP contribution in [0.5, 0.6) is 0 Å². The number of rotatable bonds is 9. The van der Waals surface area contributed by atoms with Crippen molar-refractivity contribution in [2.45, 2.75) is 53.1 Å². The Labute approximate surface area is 107 Å². The van der Waals surface area contributed by atoms with Gasteiger partial charge in [0.15, 0.2) is 0 Å². The number of hydrogen-bond acceptors (Lipinski definition) is 3. The molecule has 1 atom stereocenters. The maximum atomic E-state index is 10.1. The van der Waals surface area contributed by atoms with Gasteiger partial charge in [-0.3, -0.25) is 0 Å². The normalized spacial score (nSPS) is 15.9. The topological polar surface area (TPSA) is 49.5 Å². The highest BCUT2D eigenvalue weighted by Gasteiger charge is 2.22. The molecule has 0 fully saturated rings. The molecule has 0 saturated heterocycles. The van der Waals surface area contributed by atoms with Crippen LogP contribution < -0.4 is 5.73 Å². The van der Waals surface area contributed by atoms with E-state index in [0.717, 1.165) is 13.1 Å². The van der Waals surface area contributed by atoms with Gasteiger partial charge >= 0.3 is 0 Å². The van der Waals surface area contributed by atoms with Crippen molar-refractivity contribution in [3.05, 3.63) is 0 Å². The molecule has 17 heavy (non-hydrogen) atoms. The summed E-state index contributed by atoms with van der Waals surface area (Å²) in [6.45, 7) is 13.9. The molecule has 0 aliphatic rings. The van der Waals surface area contributed by atoms with Crippen LogP contribution in [0.2, 0.25) is 0 Å². The van der Waals surface area contributed by atoms with E-state index >= 15 is 0 Å². The van der Waals surface area contributed by atoms with Gasteiger partial charge in [-0.25, -0.2) is 0 Å². The lowest BCUT2D eigenvalue weighted by Gasteiger charge is -2.31. The van der Waals surface area contributed by atoms with Gasteiger partial charge in [0.05, 0.1) is 5.60 Å². The summed E-state index contributed by atoms with van der Waals surface area (Å²) in [6.07, 6.45) is 2.36. The molecule has 0 saturated carbocycles. The van der Waals surface area contributed by atoms with Gasteiger partial charge < -0.3 is 15.7 Å². The average molecular weight is 244 g/mol. The van der Waals surface area contributed by atoms with Crippen LogP contribution in [0.15, 0.2) is 0 Å². The van der Waals surface area contributed by atoms with Gasteiger partial charge in [0.1, 0.15) is 0 Å². The van der Waals surface area contributed by atoms with Gasteiger partial charge in [0.2, 0.25) is 0 Å². The van der Waals surface area contributed by atoms with Crippen LogP contribution in [0.3, 0.4) is 0 Å². The maximum absolute atomic E-state index is 10.1. The zero-order valence-electron chi connectivity index (χ0n) is 12.4. The lowest BCUT2D eigenvalue weighted by molar-refractivity contribution is 0.0247. The highest BCUT2D eigenvalue weighted by Crippen LogP contribution is 2.10. The molecule has 3 nitrogen and oxygen atoms in total. The van der Waals surface area contributed by atoms with Gasteiger partial charge in [0, 0.05) is 13.1 Å². The molecule has 0 amide bonds. The standard InChI is InChI=1S/C14H32N2O/c1-12(2)6-8-16(9-7-13(3)4)11-14(5,17)10-15/h12-13,17H,6-11,15H2,1-5H3. The Morgan fingerprint density at radius 1 is 1.06 bits per heavy atom. The third kappa shape index (κ3) is 9.57. The van der Waals surface area contributed by atoms with Crippen LogP contribution in [-0.4, -0.2) is 41.8 Å². The predicted molar refractivity (Wildman–Crippen MR) is 75.0 cm³/mol. The molecule has 0 rings (SSSR count). The minimum absolute atomic E-state index is 0.326. The summed E-state index contributed by atoms with van der Waals surface area (Å²) < 4.78 is 0. The molecule has 0 aromatic heterocycles. The minimum Gasteiger partial charge on any atom is -0.388 e. The molecule has 0 radical (unpaired) electrons. The Morgan fingerprint density at radius 3 is 1.76 bits per heavy atom. The largest absolute Gasteiger partial charge is 0.388 e. The van der Waals surface area contributed by atoms with E-state index in [4.69, 9.17) is 5.73 Å². The molecular formula is C14H32N2O. The van der Waals surface area contributed by atoms with Crippen molar-refractivity contribution < 1.29 is 5.11 Å². The summed E-state index contributed by atoms with van der Waals surface area (Å²) in [5, 5.41) is 10.1. The number of hydrogen-bond donors (Lipinski definition) is 2.